The number of sulfonamides is 1. The van der Waals surface area contributed by atoms with Crippen LogP contribution in [0.1, 0.15) is 75.7 Å². The van der Waals surface area contributed by atoms with Crippen LogP contribution in [0.3, 0.4) is 0 Å². The molecular weight excluding hydrogens is 318 g/mol. The maximum atomic E-state index is 12.4. The molecule has 0 radical (unpaired) electrons. The fourth-order valence-corrected chi connectivity index (χ4v) is 4.95. The van der Waals surface area contributed by atoms with Gasteiger partial charge in [0.1, 0.15) is 0 Å². The topological polar surface area (TPSA) is 46.2 Å². The van der Waals surface area contributed by atoms with Gasteiger partial charge in [-0.1, -0.05) is 43.0 Å². The van der Waals surface area contributed by atoms with Crippen LogP contribution in [0.25, 0.3) is 0 Å². The molecule has 132 valence electrons. The second-order valence-corrected chi connectivity index (χ2v) is 8.93. The maximum absolute atomic E-state index is 12.4. The van der Waals surface area contributed by atoms with Gasteiger partial charge >= 0.3 is 0 Å². The van der Waals surface area contributed by atoms with Crippen LogP contribution in [0.4, 0.5) is 0 Å². The summed E-state index contributed by atoms with van der Waals surface area (Å²) in [4.78, 5) is 0.389. The second kappa shape index (κ2) is 8.30. The molecule has 0 aromatic heterocycles. The molecule has 1 N–H and O–H groups in total. The zero-order chi connectivity index (χ0) is 16.8. The molecule has 0 atom stereocenters. The Bertz CT molecular complexity index is 655. The van der Waals surface area contributed by atoms with Crippen molar-refractivity contribution >= 4 is 10.0 Å². The van der Waals surface area contributed by atoms with E-state index in [-0.39, 0.29) is 0 Å². The Morgan fingerprint density at radius 2 is 1.71 bits per heavy atom. The summed E-state index contributed by atoms with van der Waals surface area (Å²) < 4.78 is 27.6. The van der Waals surface area contributed by atoms with Crippen LogP contribution < -0.4 is 4.72 Å². The highest BCUT2D eigenvalue weighted by Crippen LogP contribution is 2.32. The fourth-order valence-electron chi connectivity index (χ4n) is 3.92. The lowest BCUT2D eigenvalue weighted by Gasteiger charge is -2.22. The summed E-state index contributed by atoms with van der Waals surface area (Å²) in [5, 5.41) is 0. The summed E-state index contributed by atoms with van der Waals surface area (Å²) in [6.07, 6.45) is 14.3. The van der Waals surface area contributed by atoms with Crippen molar-refractivity contribution in [3.05, 3.63) is 41.5 Å². The van der Waals surface area contributed by atoms with Gasteiger partial charge in [0.2, 0.25) is 10.0 Å². The lowest BCUT2D eigenvalue weighted by molar-refractivity contribution is 0.443. The van der Waals surface area contributed by atoms with E-state index in [1.54, 1.807) is 12.1 Å². The van der Waals surface area contributed by atoms with Crippen LogP contribution in [0.15, 0.2) is 40.8 Å². The number of nitrogens with one attached hydrogen (secondary N) is 1. The van der Waals surface area contributed by atoms with Gasteiger partial charge in [0.15, 0.2) is 0 Å². The molecule has 1 fully saturated rings. The van der Waals surface area contributed by atoms with Gasteiger partial charge in [0.05, 0.1) is 4.90 Å². The minimum absolute atomic E-state index is 0.389. The summed E-state index contributed by atoms with van der Waals surface area (Å²) in [6, 6.07) is 7.56. The van der Waals surface area contributed by atoms with Crippen molar-refractivity contribution in [2.75, 3.05) is 6.54 Å². The SMILES string of the molecule is O=S(=O)(NCCC1=CCCCC1)c1ccc(C2CCCCC2)cc1. The third kappa shape index (κ3) is 4.70. The fraction of sp³-hybridized carbons (Fsp3) is 0.600. The Morgan fingerprint density at radius 1 is 0.958 bits per heavy atom. The maximum Gasteiger partial charge on any atom is 0.240 e. The third-order valence-electron chi connectivity index (χ3n) is 5.39. The molecule has 0 saturated heterocycles. The van der Waals surface area contributed by atoms with E-state index in [0.29, 0.717) is 17.4 Å². The van der Waals surface area contributed by atoms with Gasteiger partial charge in [0, 0.05) is 6.54 Å². The van der Waals surface area contributed by atoms with E-state index in [0.717, 1.165) is 19.3 Å². The minimum atomic E-state index is -3.39. The zero-order valence-corrected chi connectivity index (χ0v) is 15.3. The average molecular weight is 348 g/mol. The Kier molecular flexibility index (Phi) is 6.12. The van der Waals surface area contributed by atoms with Gasteiger partial charge in [0.25, 0.3) is 0 Å². The monoisotopic (exact) mass is 347 g/mol. The van der Waals surface area contributed by atoms with E-state index in [1.165, 1.54) is 56.1 Å². The molecule has 0 spiro atoms. The van der Waals surface area contributed by atoms with Crippen molar-refractivity contribution in [2.45, 2.75) is 75.0 Å². The quantitative estimate of drug-likeness (QED) is 0.744. The van der Waals surface area contributed by atoms with Crippen molar-refractivity contribution in [1.82, 2.24) is 4.72 Å². The van der Waals surface area contributed by atoms with E-state index in [4.69, 9.17) is 0 Å². The Balaban J connectivity index is 1.56. The predicted molar refractivity (Wildman–Crippen MR) is 98.6 cm³/mol. The third-order valence-corrected chi connectivity index (χ3v) is 6.87. The lowest BCUT2D eigenvalue weighted by atomic mass is 9.84. The van der Waals surface area contributed by atoms with E-state index >= 15 is 0 Å². The van der Waals surface area contributed by atoms with Crippen LogP contribution in [0, 0.1) is 0 Å². The lowest BCUT2D eigenvalue weighted by Crippen LogP contribution is -2.25. The number of benzene rings is 1. The molecule has 3 nitrogen and oxygen atoms in total. The zero-order valence-electron chi connectivity index (χ0n) is 14.5. The normalized spacial score (nSPS) is 19.9. The van der Waals surface area contributed by atoms with Gasteiger partial charge in [-0.25, -0.2) is 13.1 Å². The predicted octanol–water partition coefficient (Wildman–Crippen LogP) is 4.90. The Morgan fingerprint density at radius 3 is 2.38 bits per heavy atom. The molecule has 0 aliphatic heterocycles. The first-order valence-electron chi connectivity index (χ1n) is 9.43. The van der Waals surface area contributed by atoms with Gasteiger partial charge in [-0.3, -0.25) is 0 Å². The van der Waals surface area contributed by atoms with Crippen molar-refractivity contribution in [3.63, 3.8) is 0 Å². The first-order chi connectivity index (χ1) is 11.6. The number of hydrogen-bond acceptors (Lipinski definition) is 2. The molecule has 0 heterocycles. The Hall–Kier alpha value is -1.13. The summed E-state index contributed by atoms with van der Waals surface area (Å²) in [7, 11) is -3.39. The molecule has 2 aliphatic carbocycles. The summed E-state index contributed by atoms with van der Waals surface area (Å²) in [5.74, 6) is 0.613. The molecule has 0 unspecified atom stereocenters. The summed E-state index contributed by atoms with van der Waals surface area (Å²) in [6.45, 7) is 0.499. The number of hydrogen-bond donors (Lipinski definition) is 1. The van der Waals surface area contributed by atoms with E-state index in [9.17, 15) is 8.42 Å². The van der Waals surface area contributed by atoms with Crippen LogP contribution in [-0.4, -0.2) is 15.0 Å². The molecule has 0 bridgehead atoms. The minimum Gasteiger partial charge on any atom is -0.211 e. The van der Waals surface area contributed by atoms with Gasteiger partial charge in [-0.15, -0.1) is 0 Å². The number of allylic oxidation sites excluding steroid dienone is 1. The molecule has 4 heteroatoms. The highest BCUT2D eigenvalue weighted by atomic mass is 32.2. The van der Waals surface area contributed by atoms with Crippen LogP contribution in [0.5, 0.6) is 0 Å². The first-order valence-corrected chi connectivity index (χ1v) is 10.9. The molecule has 1 saturated carbocycles. The first kappa shape index (κ1) is 17.7. The van der Waals surface area contributed by atoms with E-state index in [2.05, 4.69) is 10.8 Å². The Labute approximate surface area is 146 Å². The molecule has 1 aromatic rings. The molecule has 1 aromatic carbocycles. The highest BCUT2D eigenvalue weighted by Gasteiger charge is 2.18. The average Bonchev–Trinajstić information content (AvgIpc) is 2.63. The van der Waals surface area contributed by atoms with Crippen LogP contribution in [0.2, 0.25) is 0 Å². The standard InChI is InChI=1S/C20H29NO2S/c22-24(23,21-16-15-17-7-3-1-4-8-17)20-13-11-19(12-14-20)18-9-5-2-6-10-18/h7,11-14,18,21H,1-6,8-10,15-16H2. The van der Waals surface area contributed by atoms with Crippen molar-refractivity contribution in [3.8, 4) is 0 Å². The van der Waals surface area contributed by atoms with Gasteiger partial charge < -0.3 is 0 Å². The van der Waals surface area contributed by atoms with Crippen molar-refractivity contribution in [2.24, 2.45) is 0 Å². The highest BCUT2D eigenvalue weighted by molar-refractivity contribution is 7.89. The molecule has 3 rings (SSSR count). The van der Waals surface area contributed by atoms with E-state index in [1.807, 2.05) is 12.1 Å². The largest absolute Gasteiger partial charge is 0.240 e. The second-order valence-electron chi connectivity index (χ2n) is 7.16. The molecule has 0 amide bonds. The van der Waals surface area contributed by atoms with Gasteiger partial charge in [-0.2, -0.15) is 0 Å². The van der Waals surface area contributed by atoms with Crippen LogP contribution >= 0.6 is 0 Å². The van der Waals surface area contributed by atoms with Crippen LogP contribution in [-0.2, 0) is 10.0 Å². The van der Waals surface area contributed by atoms with Gasteiger partial charge in [-0.05, 0) is 68.6 Å². The van der Waals surface area contributed by atoms with Crippen molar-refractivity contribution < 1.29 is 8.42 Å². The molecular formula is C20H29NO2S. The summed E-state index contributed by atoms with van der Waals surface area (Å²) in [5.41, 5.74) is 2.69. The number of rotatable bonds is 6. The molecule has 24 heavy (non-hydrogen) atoms. The van der Waals surface area contributed by atoms with E-state index < -0.39 is 10.0 Å². The smallest absolute Gasteiger partial charge is 0.211 e. The van der Waals surface area contributed by atoms with Crippen molar-refractivity contribution in [1.29, 1.82) is 0 Å². The summed E-state index contributed by atoms with van der Waals surface area (Å²) >= 11 is 0. The molecule has 2 aliphatic rings.